The zero-order valence-corrected chi connectivity index (χ0v) is 10.3. The lowest BCUT2D eigenvalue weighted by Gasteiger charge is -2.36. The molecule has 0 saturated carbocycles. The fourth-order valence-corrected chi connectivity index (χ4v) is 1.25. The van der Waals surface area contributed by atoms with Crippen molar-refractivity contribution >= 4 is 0 Å². The Kier molecular flexibility index (Phi) is 6.33. The summed E-state index contributed by atoms with van der Waals surface area (Å²) in [5, 5.41) is 0. The minimum Gasteiger partial charge on any atom is -0.376 e. The summed E-state index contributed by atoms with van der Waals surface area (Å²) < 4.78 is 5.53. The van der Waals surface area contributed by atoms with E-state index in [2.05, 4.69) is 32.7 Å². The van der Waals surface area contributed by atoms with Gasteiger partial charge in [-0.05, 0) is 34.2 Å². The van der Waals surface area contributed by atoms with Crippen LogP contribution in [0.1, 0.15) is 34.1 Å². The van der Waals surface area contributed by atoms with E-state index in [1.165, 1.54) is 0 Å². The first kappa shape index (κ1) is 13.9. The number of hydrogen-bond donors (Lipinski definition) is 1. The van der Waals surface area contributed by atoms with Crippen LogP contribution in [0, 0.1) is 0 Å². The molecule has 0 aromatic rings. The van der Waals surface area contributed by atoms with Crippen molar-refractivity contribution < 1.29 is 4.74 Å². The van der Waals surface area contributed by atoms with Gasteiger partial charge < -0.3 is 10.5 Å². The molecule has 86 valence electrons. The van der Waals surface area contributed by atoms with Crippen molar-refractivity contribution in [2.75, 3.05) is 26.7 Å². The lowest BCUT2D eigenvalue weighted by molar-refractivity contribution is 0.0191. The van der Waals surface area contributed by atoms with Gasteiger partial charge in [0, 0.05) is 25.2 Å². The van der Waals surface area contributed by atoms with E-state index in [0.29, 0.717) is 6.54 Å². The molecule has 0 bridgehead atoms. The van der Waals surface area contributed by atoms with Gasteiger partial charge >= 0.3 is 0 Å². The minimum atomic E-state index is 0.163. The predicted octanol–water partition coefficient (Wildman–Crippen LogP) is 1.47. The van der Waals surface area contributed by atoms with Crippen LogP contribution in [0.3, 0.4) is 0 Å². The quantitative estimate of drug-likeness (QED) is 0.679. The van der Waals surface area contributed by atoms with Gasteiger partial charge in [-0.1, -0.05) is 6.92 Å². The third-order valence-electron chi connectivity index (χ3n) is 3.04. The van der Waals surface area contributed by atoms with Crippen molar-refractivity contribution in [3.8, 4) is 0 Å². The lowest BCUT2D eigenvalue weighted by atomic mass is 9.99. The van der Waals surface area contributed by atoms with Gasteiger partial charge in [0.2, 0.25) is 0 Å². The molecule has 0 heterocycles. The Hall–Kier alpha value is -0.120. The molecule has 3 heteroatoms. The fraction of sp³-hybridized carbons (Fsp3) is 1.00. The zero-order valence-electron chi connectivity index (χ0n) is 10.3. The largest absolute Gasteiger partial charge is 0.376 e. The zero-order chi connectivity index (χ0) is 11.2. The van der Waals surface area contributed by atoms with Crippen LogP contribution in [0.4, 0.5) is 0 Å². The first-order valence-electron chi connectivity index (χ1n) is 5.50. The molecule has 0 aliphatic rings. The minimum absolute atomic E-state index is 0.163. The van der Waals surface area contributed by atoms with E-state index in [9.17, 15) is 0 Å². The normalized spacial score (nSPS) is 14.8. The van der Waals surface area contributed by atoms with Crippen LogP contribution in [0.25, 0.3) is 0 Å². The lowest BCUT2D eigenvalue weighted by Crippen LogP contribution is -2.46. The summed E-state index contributed by atoms with van der Waals surface area (Å²) in [5.41, 5.74) is 5.87. The molecule has 3 nitrogen and oxygen atoms in total. The molecule has 0 radical (unpaired) electrons. The van der Waals surface area contributed by atoms with Gasteiger partial charge in [0.15, 0.2) is 0 Å². The Bertz CT molecular complexity index is 148. The van der Waals surface area contributed by atoms with E-state index in [1.807, 2.05) is 6.92 Å². The molecule has 0 aromatic carbocycles. The number of ether oxygens (including phenoxy) is 1. The summed E-state index contributed by atoms with van der Waals surface area (Å²) in [7, 11) is 2.13. The van der Waals surface area contributed by atoms with Crippen molar-refractivity contribution in [2.24, 2.45) is 5.73 Å². The Balaban J connectivity index is 4.07. The topological polar surface area (TPSA) is 38.5 Å². The van der Waals surface area contributed by atoms with Crippen LogP contribution in [0.5, 0.6) is 0 Å². The summed E-state index contributed by atoms with van der Waals surface area (Å²) in [6, 6.07) is 0. The van der Waals surface area contributed by atoms with Crippen molar-refractivity contribution in [1.29, 1.82) is 0 Å². The molecule has 14 heavy (non-hydrogen) atoms. The maximum absolute atomic E-state index is 5.64. The van der Waals surface area contributed by atoms with Gasteiger partial charge in [-0.15, -0.1) is 0 Å². The van der Waals surface area contributed by atoms with E-state index in [0.717, 1.165) is 19.6 Å². The summed E-state index contributed by atoms with van der Waals surface area (Å²) in [6.07, 6.45) is 1.29. The highest BCUT2D eigenvalue weighted by Crippen LogP contribution is 2.16. The third-order valence-corrected chi connectivity index (χ3v) is 3.04. The average Bonchev–Trinajstić information content (AvgIpc) is 2.16. The highest BCUT2D eigenvalue weighted by Gasteiger charge is 2.23. The molecule has 0 spiro atoms. The number of nitrogens with zero attached hydrogens (tertiary/aromatic N) is 1. The second kappa shape index (κ2) is 6.38. The molecular formula is C11H26N2O. The Morgan fingerprint density at radius 3 is 2.29 bits per heavy atom. The van der Waals surface area contributed by atoms with Gasteiger partial charge in [0.25, 0.3) is 0 Å². The predicted molar refractivity (Wildman–Crippen MR) is 61.5 cm³/mol. The Morgan fingerprint density at radius 2 is 1.93 bits per heavy atom. The maximum Gasteiger partial charge on any atom is 0.0823 e. The molecule has 0 amide bonds. The van der Waals surface area contributed by atoms with Gasteiger partial charge in [0.05, 0.1) is 6.10 Å². The van der Waals surface area contributed by atoms with Gasteiger partial charge in [0.1, 0.15) is 0 Å². The monoisotopic (exact) mass is 202 g/mol. The second-order valence-corrected chi connectivity index (χ2v) is 4.36. The van der Waals surface area contributed by atoms with Crippen molar-refractivity contribution in [3.63, 3.8) is 0 Å². The molecule has 0 rings (SSSR count). The molecule has 0 saturated heterocycles. The van der Waals surface area contributed by atoms with E-state index in [1.54, 1.807) is 0 Å². The van der Waals surface area contributed by atoms with E-state index in [4.69, 9.17) is 10.5 Å². The van der Waals surface area contributed by atoms with Crippen LogP contribution < -0.4 is 5.73 Å². The molecule has 0 fully saturated rings. The Morgan fingerprint density at radius 1 is 1.36 bits per heavy atom. The summed E-state index contributed by atoms with van der Waals surface area (Å²) >= 11 is 0. The maximum atomic E-state index is 5.64. The van der Waals surface area contributed by atoms with Crippen molar-refractivity contribution in [1.82, 2.24) is 4.90 Å². The summed E-state index contributed by atoms with van der Waals surface area (Å²) in [5.74, 6) is 0. The fourth-order valence-electron chi connectivity index (χ4n) is 1.25. The Labute approximate surface area is 88.6 Å². The van der Waals surface area contributed by atoms with E-state index in [-0.39, 0.29) is 11.6 Å². The van der Waals surface area contributed by atoms with E-state index >= 15 is 0 Å². The molecule has 0 aliphatic heterocycles. The first-order valence-corrected chi connectivity index (χ1v) is 5.50. The summed E-state index contributed by atoms with van der Waals surface area (Å²) in [6.45, 7) is 10.9. The van der Waals surface area contributed by atoms with Crippen molar-refractivity contribution in [2.45, 2.75) is 45.8 Å². The molecule has 0 aromatic heterocycles. The van der Waals surface area contributed by atoms with E-state index < -0.39 is 0 Å². The molecule has 1 unspecified atom stereocenters. The summed E-state index contributed by atoms with van der Waals surface area (Å²) in [4.78, 5) is 2.32. The highest BCUT2D eigenvalue weighted by molar-refractivity contribution is 4.79. The van der Waals surface area contributed by atoms with Crippen LogP contribution in [-0.2, 0) is 4.74 Å². The van der Waals surface area contributed by atoms with Gasteiger partial charge in [-0.2, -0.15) is 0 Å². The van der Waals surface area contributed by atoms with Gasteiger partial charge in [-0.3, -0.25) is 4.90 Å². The SMILES string of the molecule is CCOC(CN)CN(C)C(C)(C)CC. The van der Waals surface area contributed by atoms with Crippen molar-refractivity contribution in [3.05, 3.63) is 0 Å². The third kappa shape index (κ3) is 4.40. The molecule has 2 N–H and O–H groups in total. The number of likely N-dealkylation sites (N-methyl/N-ethyl adjacent to an activating group) is 1. The van der Waals surface area contributed by atoms with Crippen LogP contribution in [-0.4, -0.2) is 43.3 Å². The van der Waals surface area contributed by atoms with Crippen LogP contribution in [0.15, 0.2) is 0 Å². The first-order chi connectivity index (χ1) is 6.47. The average molecular weight is 202 g/mol. The standard InChI is InChI=1S/C11H26N2O/c1-6-11(3,4)13(5)9-10(8-12)14-7-2/h10H,6-9,12H2,1-5H3. The highest BCUT2D eigenvalue weighted by atomic mass is 16.5. The second-order valence-electron chi connectivity index (χ2n) is 4.36. The number of hydrogen-bond acceptors (Lipinski definition) is 3. The molecule has 1 atom stereocenters. The molecular weight excluding hydrogens is 176 g/mol. The number of rotatable bonds is 7. The molecule has 0 aliphatic carbocycles. The van der Waals surface area contributed by atoms with Crippen LogP contribution >= 0.6 is 0 Å². The smallest absolute Gasteiger partial charge is 0.0823 e. The number of nitrogens with two attached hydrogens (primary N) is 1. The van der Waals surface area contributed by atoms with Gasteiger partial charge in [-0.25, -0.2) is 0 Å². The van der Waals surface area contributed by atoms with Crippen LogP contribution in [0.2, 0.25) is 0 Å².